The number of methoxy groups -OCH3 is 1. The largest absolute Gasteiger partial charge is 0.497 e. The summed E-state index contributed by atoms with van der Waals surface area (Å²) in [6, 6.07) is 16.8. The molecule has 0 saturated carbocycles. The van der Waals surface area contributed by atoms with Gasteiger partial charge in [0.25, 0.3) is 0 Å². The Kier molecular flexibility index (Phi) is 6.47. The van der Waals surface area contributed by atoms with Gasteiger partial charge in [-0.3, -0.25) is 4.90 Å². The number of ether oxygens (including phenoxy) is 1. The van der Waals surface area contributed by atoms with Crippen LogP contribution in [0.15, 0.2) is 48.5 Å². The zero-order valence-electron chi connectivity index (χ0n) is 15.5. The molecule has 0 amide bonds. The SMILES string of the molecule is COc1ccc(C(CNC(=S)Nc2ccccc2C)N2CCCC2)cc1. The first-order chi connectivity index (χ1) is 12.7. The molecule has 2 aromatic carbocycles. The van der Waals surface area contributed by atoms with E-state index < -0.39 is 0 Å². The average molecular weight is 370 g/mol. The number of rotatable bonds is 6. The highest BCUT2D eigenvalue weighted by Crippen LogP contribution is 2.26. The van der Waals surface area contributed by atoms with Crippen LogP contribution in [0.2, 0.25) is 0 Å². The third kappa shape index (κ3) is 4.74. The van der Waals surface area contributed by atoms with E-state index in [1.54, 1.807) is 7.11 Å². The van der Waals surface area contributed by atoms with Crippen molar-refractivity contribution in [3.8, 4) is 5.75 Å². The van der Waals surface area contributed by atoms with E-state index in [0.717, 1.165) is 31.1 Å². The highest BCUT2D eigenvalue weighted by molar-refractivity contribution is 7.80. The Morgan fingerprint density at radius 3 is 2.46 bits per heavy atom. The van der Waals surface area contributed by atoms with Gasteiger partial charge in [-0.1, -0.05) is 30.3 Å². The van der Waals surface area contributed by atoms with Gasteiger partial charge in [0.05, 0.1) is 13.2 Å². The number of likely N-dealkylation sites (tertiary alicyclic amines) is 1. The summed E-state index contributed by atoms with van der Waals surface area (Å²) < 4.78 is 5.29. The van der Waals surface area contributed by atoms with Crippen LogP contribution in [0.5, 0.6) is 5.75 Å². The van der Waals surface area contributed by atoms with E-state index in [1.807, 2.05) is 30.3 Å². The zero-order chi connectivity index (χ0) is 18.4. The Morgan fingerprint density at radius 1 is 1.12 bits per heavy atom. The molecule has 1 fully saturated rings. The number of para-hydroxylation sites is 1. The average Bonchev–Trinajstić information content (AvgIpc) is 3.19. The van der Waals surface area contributed by atoms with Crippen molar-refractivity contribution in [2.45, 2.75) is 25.8 Å². The minimum Gasteiger partial charge on any atom is -0.497 e. The van der Waals surface area contributed by atoms with Crippen LogP contribution in [-0.2, 0) is 0 Å². The summed E-state index contributed by atoms with van der Waals surface area (Å²) >= 11 is 5.52. The second kappa shape index (κ2) is 9.01. The first-order valence-electron chi connectivity index (χ1n) is 9.16. The van der Waals surface area contributed by atoms with E-state index in [9.17, 15) is 0 Å². The van der Waals surface area contributed by atoms with Crippen LogP contribution in [0.1, 0.15) is 30.0 Å². The molecule has 1 atom stereocenters. The van der Waals surface area contributed by atoms with Gasteiger partial charge in [0, 0.05) is 12.2 Å². The van der Waals surface area contributed by atoms with Gasteiger partial charge in [0.1, 0.15) is 5.75 Å². The number of thiocarbonyl (C=S) groups is 1. The Morgan fingerprint density at radius 2 is 1.81 bits per heavy atom. The van der Waals surface area contributed by atoms with Crippen molar-refractivity contribution in [3.63, 3.8) is 0 Å². The molecule has 2 aromatic rings. The summed E-state index contributed by atoms with van der Waals surface area (Å²) in [6.45, 7) is 5.13. The lowest BCUT2D eigenvalue weighted by atomic mass is 10.1. The van der Waals surface area contributed by atoms with Crippen LogP contribution in [0.25, 0.3) is 0 Å². The number of hydrogen-bond donors (Lipinski definition) is 2. The van der Waals surface area contributed by atoms with Gasteiger partial charge in [-0.15, -0.1) is 0 Å². The van der Waals surface area contributed by atoms with Crippen molar-refractivity contribution >= 4 is 23.0 Å². The lowest BCUT2D eigenvalue weighted by molar-refractivity contribution is 0.246. The third-order valence-electron chi connectivity index (χ3n) is 4.93. The Hall–Kier alpha value is -2.11. The molecule has 0 aliphatic carbocycles. The maximum Gasteiger partial charge on any atom is 0.170 e. The van der Waals surface area contributed by atoms with Crippen LogP contribution in [0.3, 0.4) is 0 Å². The standard InChI is InChI=1S/C21H27N3OS/c1-16-7-3-4-8-19(16)23-21(26)22-15-20(24-13-5-6-14-24)17-9-11-18(25-2)12-10-17/h3-4,7-12,20H,5-6,13-15H2,1-2H3,(H2,22,23,26). The summed E-state index contributed by atoms with van der Waals surface area (Å²) in [5.74, 6) is 0.888. The van der Waals surface area contributed by atoms with Crippen molar-refractivity contribution in [3.05, 3.63) is 59.7 Å². The van der Waals surface area contributed by atoms with Gasteiger partial charge in [0.15, 0.2) is 5.11 Å². The normalized spacial score (nSPS) is 15.5. The summed E-state index contributed by atoms with van der Waals surface area (Å²) in [7, 11) is 1.70. The van der Waals surface area contributed by atoms with Crippen molar-refractivity contribution < 1.29 is 4.74 Å². The molecule has 1 saturated heterocycles. The van der Waals surface area contributed by atoms with Crippen LogP contribution >= 0.6 is 12.2 Å². The smallest absolute Gasteiger partial charge is 0.170 e. The molecule has 1 unspecified atom stereocenters. The van der Waals surface area contributed by atoms with Gasteiger partial charge >= 0.3 is 0 Å². The van der Waals surface area contributed by atoms with Crippen molar-refractivity contribution in [1.82, 2.24) is 10.2 Å². The Balaban J connectivity index is 1.65. The zero-order valence-corrected chi connectivity index (χ0v) is 16.3. The molecule has 4 nitrogen and oxygen atoms in total. The summed E-state index contributed by atoms with van der Waals surface area (Å²) in [6.07, 6.45) is 2.52. The van der Waals surface area contributed by atoms with E-state index in [-0.39, 0.29) is 0 Å². The second-order valence-electron chi connectivity index (χ2n) is 6.68. The fraction of sp³-hybridized carbons (Fsp3) is 0.381. The predicted molar refractivity (Wildman–Crippen MR) is 112 cm³/mol. The minimum absolute atomic E-state index is 0.306. The quantitative estimate of drug-likeness (QED) is 0.749. The van der Waals surface area contributed by atoms with Crippen molar-refractivity contribution in [2.75, 3.05) is 32.1 Å². The number of nitrogens with one attached hydrogen (secondary N) is 2. The van der Waals surface area contributed by atoms with Gasteiger partial charge in [0.2, 0.25) is 0 Å². The lowest BCUT2D eigenvalue weighted by Gasteiger charge is -2.29. The first kappa shape index (κ1) is 18.7. The van der Waals surface area contributed by atoms with E-state index in [4.69, 9.17) is 17.0 Å². The molecule has 0 spiro atoms. The maximum absolute atomic E-state index is 5.52. The fourth-order valence-electron chi connectivity index (χ4n) is 3.41. The number of hydrogen-bond acceptors (Lipinski definition) is 3. The van der Waals surface area contributed by atoms with Gasteiger partial charge in [-0.05, 0) is 74.4 Å². The van der Waals surface area contributed by atoms with E-state index >= 15 is 0 Å². The molecule has 0 radical (unpaired) electrons. The second-order valence-corrected chi connectivity index (χ2v) is 7.09. The summed E-state index contributed by atoms with van der Waals surface area (Å²) in [5, 5.41) is 7.38. The molecular formula is C21H27N3OS. The summed E-state index contributed by atoms with van der Waals surface area (Å²) in [4.78, 5) is 2.53. The van der Waals surface area contributed by atoms with Crippen molar-refractivity contribution in [1.29, 1.82) is 0 Å². The molecule has 5 heteroatoms. The van der Waals surface area contributed by atoms with E-state index in [0.29, 0.717) is 11.2 Å². The molecule has 0 bridgehead atoms. The topological polar surface area (TPSA) is 36.5 Å². The Labute approximate surface area is 161 Å². The molecule has 3 rings (SSSR count). The monoisotopic (exact) mass is 369 g/mol. The molecule has 1 aliphatic heterocycles. The van der Waals surface area contributed by atoms with Crippen LogP contribution in [0.4, 0.5) is 5.69 Å². The number of benzene rings is 2. The highest BCUT2D eigenvalue weighted by Gasteiger charge is 2.23. The number of nitrogens with zero attached hydrogens (tertiary/aromatic N) is 1. The first-order valence-corrected chi connectivity index (χ1v) is 9.56. The van der Waals surface area contributed by atoms with E-state index in [1.165, 1.54) is 24.0 Å². The lowest BCUT2D eigenvalue weighted by Crippen LogP contribution is -2.38. The van der Waals surface area contributed by atoms with Crippen molar-refractivity contribution in [2.24, 2.45) is 0 Å². The third-order valence-corrected chi connectivity index (χ3v) is 5.18. The Bertz CT molecular complexity index is 726. The van der Waals surface area contributed by atoms with Crippen LogP contribution < -0.4 is 15.4 Å². The highest BCUT2D eigenvalue weighted by atomic mass is 32.1. The molecule has 138 valence electrons. The van der Waals surface area contributed by atoms with E-state index in [2.05, 4.69) is 40.7 Å². The van der Waals surface area contributed by atoms with Crippen LogP contribution in [-0.4, -0.2) is 36.8 Å². The number of anilines is 1. The van der Waals surface area contributed by atoms with Crippen LogP contribution in [0, 0.1) is 6.92 Å². The molecule has 26 heavy (non-hydrogen) atoms. The fourth-order valence-corrected chi connectivity index (χ4v) is 3.60. The molecule has 2 N–H and O–H groups in total. The van der Waals surface area contributed by atoms with Gasteiger partial charge in [-0.25, -0.2) is 0 Å². The molecular weight excluding hydrogens is 342 g/mol. The maximum atomic E-state index is 5.52. The number of aryl methyl sites for hydroxylation is 1. The molecule has 1 heterocycles. The summed E-state index contributed by atoms with van der Waals surface area (Å²) in [5.41, 5.74) is 3.52. The van der Waals surface area contributed by atoms with Gasteiger partial charge < -0.3 is 15.4 Å². The molecule has 1 aliphatic rings. The van der Waals surface area contributed by atoms with Gasteiger partial charge in [-0.2, -0.15) is 0 Å². The minimum atomic E-state index is 0.306. The molecule has 0 aromatic heterocycles. The predicted octanol–water partition coefficient (Wildman–Crippen LogP) is 4.13.